The van der Waals surface area contributed by atoms with Gasteiger partial charge in [0, 0.05) is 25.9 Å². The Morgan fingerprint density at radius 3 is 1.96 bits per heavy atom. The van der Waals surface area contributed by atoms with Crippen LogP contribution >= 0.6 is 0 Å². The summed E-state index contributed by atoms with van der Waals surface area (Å²) >= 11 is 0. The van der Waals surface area contributed by atoms with Crippen LogP contribution in [0.15, 0.2) is 29.2 Å². The van der Waals surface area contributed by atoms with E-state index in [0.717, 1.165) is 17.7 Å². The molecule has 7 heteroatoms. The van der Waals surface area contributed by atoms with Crippen molar-refractivity contribution in [2.75, 3.05) is 18.0 Å². The number of amides is 2. The Hall–Kier alpha value is -1.73. The first-order valence-electron chi connectivity index (χ1n) is 8.43. The number of rotatable bonds is 3. The molecule has 6 nitrogen and oxygen atoms in total. The van der Waals surface area contributed by atoms with Gasteiger partial charge in [-0.15, -0.1) is 0 Å². The quantitative estimate of drug-likeness (QED) is 0.780. The van der Waals surface area contributed by atoms with Gasteiger partial charge in [-0.3, -0.25) is 14.5 Å². The van der Waals surface area contributed by atoms with Gasteiger partial charge in [0.05, 0.1) is 10.6 Å². The Labute approximate surface area is 141 Å². The van der Waals surface area contributed by atoms with Crippen LogP contribution in [-0.2, 0) is 19.6 Å². The number of carbonyl (C=O) groups excluding carboxylic acids is 2. The molecule has 0 aromatic heterocycles. The number of fused-ring (bicyclic) bond motifs is 1. The van der Waals surface area contributed by atoms with Crippen molar-refractivity contribution in [2.45, 2.75) is 37.0 Å². The molecule has 1 aromatic rings. The van der Waals surface area contributed by atoms with Crippen LogP contribution in [0.5, 0.6) is 0 Å². The number of benzene rings is 1. The fourth-order valence-corrected chi connectivity index (χ4v) is 5.72. The van der Waals surface area contributed by atoms with Gasteiger partial charge in [-0.25, -0.2) is 8.42 Å². The van der Waals surface area contributed by atoms with Gasteiger partial charge in [0.1, 0.15) is 0 Å². The number of nitrogens with zero attached hydrogens (tertiary/aromatic N) is 2. The maximum absolute atomic E-state index is 12.8. The van der Waals surface area contributed by atoms with Gasteiger partial charge in [-0.05, 0) is 48.9 Å². The van der Waals surface area contributed by atoms with Gasteiger partial charge in [0.15, 0.2) is 0 Å². The zero-order valence-corrected chi connectivity index (χ0v) is 14.2. The summed E-state index contributed by atoms with van der Waals surface area (Å²) in [5.41, 5.74) is 0.444. The lowest BCUT2D eigenvalue weighted by Crippen LogP contribution is -2.30. The van der Waals surface area contributed by atoms with Crippen LogP contribution in [0.1, 0.15) is 32.1 Å². The first kappa shape index (κ1) is 15.8. The molecule has 4 rings (SSSR count). The molecule has 0 bridgehead atoms. The van der Waals surface area contributed by atoms with Crippen molar-refractivity contribution in [1.29, 1.82) is 0 Å². The number of imide groups is 1. The Morgan fingerprint density at radius 1 is 0.875 bits per heavy atom. The molecule has 128 valence electrons. The second-order valence-corrected chi connectivity index (χ2v) is 8.83. The summed E-state index contributed by atoms with van der Waals surface area (Å²) in [4.78, 5) is 24.9. The van der Waals surface area contributed by atoms with E-state index in [1.807, 2.05) is 0 Å². The largest absolute Gasteiger partial charge is 0.274 e. The molecule has 0 N–H and O–H groups in total. The predicted octanol–water partition coefficient (Wildman–Crippen LogP) is 1.76. The molecule has 3 fully saturated rings. The summed E-state index contributed by atoms with van der Waals surface area (Å²) in [6.45, 7) is 1.22. The maximum Gasteiger partial charge on any atom is 0.243 e. The van der Waals surface area contributed by atoms with E-state index < -0.39 is 10.0 Å². The smallest absolute Gasteiger partial charge is 0.243 e. The third-order valence-corrected chi connectivity index (χ3v) is 7.32. The Morgan fingerprint density at radius 2 is 1.42 bits per heavy atom. The fraction of sp³-hybridized carbons (Fsp3) is 0.529. The third-order valence-electron chi connectivity index (χ3n) is 5.48. The van der Waals surface area contributed by atoms with E-state index in [1.54, 1.807) is 16.4 Å². The van der Waals surface area contributed by atoms with Gasteiger partial charge in [-0.2, -0.15) is 4.31 Å². The molecule has 0 spiro atoms. The number of hydrogen-bond donors (Lipinski definition) is 0. The average molecular weight is 348 g/mol. The van der Waals surface area contributed by atoms with Gasteiger partial charge in [0.25, 0.3) is 0 Å². The lowest BCUT2D eigenvalue weighted by atomic mass is 10.0. The summed E-state index contributed by atoms with van der Waals surface area (Å²) in [5, 5.41) is 0. The van der Waals surface area contributed by atoms with Crippen molar-refractivity contribution < 1.29 is 18.0 Å². The normalized spacial score (nSPS) is 27.9. The van der Waals surface area contributed by atoms with Crippen LogP contribution in [0.25, 0.3) is 0 Å². The number of carbonyl (C=O) groups is 2. The summed E-state index contributed by atoms with van der Waals surface area (Å²) < 4.78 is 27.2. The van der Waals surface area contributed by atoms with Crippen molar-refractivity contribution in [3.05, 3.63) is 24.3 Å². The highest BCUT2D eigenvalue weighted by Crippen LogP contribution is 2.39. The van der Waals surface area contributed by atoms with E-state index >= 15 is 0 Å². The van der Waals surface area contributed by atoms with E-state index in [0.29, 0.717) is 30.6 Å². The Balaban J connectivity index is 1.56. The number of sulfonamides is 1. The van der Waals surface area contributed by atoms with Crippen molar-refractivity contribution in [3.8, 4) is 0 Å². The molecule has 2 heterocycles. The van der Waals surface area contributed by atoms with Crippen molar-refractivity contribution in [2.24, 2.45) is 11.8 Å². The lowest BCUT2D eigenvalue weighted by Gasteiger charge is -2.18. The molecule has 0 unspecified atom stereocenters. The van der Waals surface area contributed by atoms with E-state index in [2.05, 4.69) is 0 Å². The van der Waals surface area contributed by atoms with Crippen LogP contribution in [-0.4, -0.2) is 37.6 Å². The van der Waals surface area contributed by atoms with Crippen molar-refractivity contribution in [3.63, 3.8) is 0 Å². The molecule has 2 saturated heterocycles. The van der Waals surface area contributed by atoms with Gasteiger partial charge in [-0.1, -0.05) is 6.42 Å². The van der Waals surface area contributed by atoms with E-state index in [-0.39, 0.29) is 29.6 Å². The molecule has 1 aliphatic carbocycles. The van der Waals surface area contributed by atoms with Crippen LogP contribution in [0, 0.1) is 11.8 Å². The molecule has 24 heavy (non-hydrogen) atoms. The minimum atomic E-state index is -3.50. The zero-order chi connectivity index (χ0) is 16.9. The molecule has 1 saturated carbocycles. The van der Waals surface area contributed by atoms with Crippen LogP contribution in [0.3, 0.4) is 0 Å². The standard InChI is InChI=1S/C17H20N2O4S/c20-16-8-9-17(21)19(16)14-4-6-15(7-5-14)24(22,23)18-10-12-2-1-3-13(12)11-18/h4-7,12-13H,1-3,8-11H2/t12-,13+. The highest BCUT2D eigenvalue weighted by atomic mass is 32.2. The first-order valence-corrected chi connectivity index (χ1v) is 9.87. The van der Waals surface area contributed by atoms with Crippen LogP contribution in [0.2, 0.25) is 0 Å². The molecule has 0 radical (unpaired) electrons. The predicted molar refractivity (Wildman–Crippen MR) is 87.8 cm³/mol. The number of hydrogen-bond acceptors (Lipinski definition) is 4. The van der Waals surface area contributed by atoms with E-state index in [9.17, 15) is 18.0 Å². The molecule has 3 aliphatic rings. The monoisotopic (exact) mass is 348 g/mol. The van der Waals surface area contributed by atoms with E-state index in [1.165, 1.54) is 18.6 Å². The third kappa shape index (κ3) is 2.46. The SMILES string of the molecule is O=C1CCC(=O)N1c1ccc(S(=O)(=O)N2C[C@H]3CCC[C@H]3C2)cc1. The Bertz CT molecular complexity index is 759. The second-order valence-electron chi connectivity index (χ2n) is 6.89. The minimum Gasteiger partial charge on any atom is -0.274 e. The molecule has 2 atom stereocenters. The van der Waals surface area contributed by atoms with E-state index in [4.69, 9.17) is 0 Å². The van der Waals surface area contributed by atoms with Gasteiger partial charge in [0.2, 0.25) is 21.8 Å². The van der Waals surface area contributed by atoms with Crippen molar-refractivity contribution in [1.82, 2.24) is 4.31 Å². The molecule has 2 aliphatic heterocycles. The molecular weight excluding hydrogens is 328 g/mol. The number of anilines is 1. The highest BCUT2D eigenvalue weighted by Gasteiger charge is 2.41. The average Bonchev–Trinajstić information content (AvgIpc) is 3.23. The van der Waals surface area contributed by atoms with Crippen molar-refractivity contribution >= 4 is 27.5 Å². The summed E-state index contributed by atoms with van der Waals surface area (Å²) in [6, 6.07) is 6.09. The van der Waals surface area contributed by atoms with Gasteiger partial charge < -0.3 is 0 Å². The highest BCUT2D eigenvalue weighted by molar-refractivity contribution is 7.89. The molecular formula is C17H20N2O4S. The fourth-order valence-electron chi connectivity index (χ4n) is 4.17. The molecule has 1 aromatic carbocycles. The first-order chi connectivity index (χ1) is 11.5. The minimum absolute atomic E-state index is 0.218. The van der Waals surface area contributed by atoms with Crippen LogP contribution < -0.4 is 4.90 Å². The summed E-state index contributed by atoms with van der Waals surface area (Å²) in [7, 11) is -3.50. The topological polar surface area (TPSA) is 74.8 Å². The maximum atomic E-state index is 12.8. The zero-order valence-electron chi connectivity index (χ0n) is 13.3. The molecule has 2 amide bonds. The van der Waals surface area contributed by atoms with Crippen LogP contribution in [0.4, 0.5) is 5.69 Å². The lowest BCUT2D eigenvalue weighted by molar-refractivity contribution is -0.121. The van der Waals surface area contributed by atoms with Gasteiger partial charge >= 0.3 is 0 Å². The summed E-state index contributed by atoms with van der Waals surface area (Å²) in [6.07, 6.45) is 3.88. The summed E-state index contributed by atoms with van der Waals surface area (Å²) in [5.74, 6) is 0.531. The second kappa shape index (κ2) is 5.67. The Kier molecular flexibility index (Phi) is 3.73.